The number of hydrogen-bond acceptors (Lipinski definition) is 7. The number of fused-ring (bicyclic) bond motifs is 2. The molecule has 11 heteroatoms. The first kappa shape index (κ1) is 22.4. The van der Waals surface area contributed by atoms with E-state index in [0.717, 1.165) is 25.9 Å². The summed E-state index contributed by atoms with van der Waals surface area (Å²) in [6.45, 7) is 4.45. The fourth-order valence-corrected chi connectivity index (χ4v) is 7.27. The third-order valence-corrected chi connectivity index (χ3v) is 9.51. The van der Waals surface area contributed by atoms with E-state index < -0.39 is 16.4 Å². The molecule has 1 saturated carbocycles. The standard InChI is InChI=1S/C23H30F2N6O2S/c1-29-10-16-17(11-29)20(16)28-22-26-9-15-7-14(21(24)25)8-18(19(15)27-22)30-5-3-23(12-30)4-6-31(13-23)34(2,32)33/h7-9,16-17,20-21H,3-6,10-13H2,1-2H3,(H,26,27,28)/t16-,17+,20+,23?. The van der Waals surface area contributed by atoms with E-state index in [0.29, 0.717) is 66.6 Å². The fourth-order valence-electron chi connectivity index (χ4n) is 6.34. The Balaban J connectivity index is 1.30. The number of sulfonamides is 1. The Morgan fingerprint density at radius 3 is 2.56 bits per heavy atom. The number of benzene rings is 1. The highest BCUT2D eigenvalue weighted by atomic mass is 32.2. The van der Waals surface area contributed by atoms with Gasteiger partial charge in [0, 0.05) is 67.9 Å². The highest BCUT2D eigenvalue weighted by molar-refractivity contribution is 7.88. The minimum atomic E-state index is -3.24. The number of hydrogen-bond donors (Lipinski definition) is 1. The van der Waals surface area contributed by atoms with Gasteiger partial charge in [-0.3, -0.25) is 0 Å². The van der Waals surface area contributed by atoms with E-state index in [-0.39, 0.29) is 11.0 Å². The first-order valence-electron chi connectivity index (χ1n) is 11.9. The molecule has 4 heterocycles. The van der Waals surface area contributed by atoms with Gasteiger partial charge in [0.1, 0.15) is 0 Å². The molecule has 4 atom stereocenters. The molecule has 3 aliphatic heterocycles. The number of anilines is 2. The van der Waals surface area contributed by atoms with Gasteiger partial charge < -0.3 is 15.1 Å². The molecule has 2 aromatic rings. The Morgan fingerprint density at radius 1 is 1.15 bits per heavy atom. The topological polar surface area (TPSA) is 81.7 Å². The summed E-state index contributed by atoms with van der Waals surface area (Å²) in [4.78, 5) is 13.7. The lowest BCUT2D eigenvalue weighted by Gasteiger charge is -2.26. The van der Waals surface area contributed by atoms with Crippen LogP contribution in [0.2, 0.25) is 0 Å². The third-order valence-electron chi connectivity index (χ3n) is 8.26. The summed E-state index contributed by atoms with van der Waals surface area (Å²) >= 11 is 0. The molecule has 4 aliphatic rings. The first-order valence-corrected chi connectivity index (χ1v) is 13.7. The van der Waals surface area contributed by atoms with Crippen LogP contribution < -0.4 is 10.2 Å². The van der Waals surface area contributed by atoms with E-state index in [1.54, 1.807) is 12.3 Å². The molecule has 1 spiro atoms. The fraction of sp³-hybridized carbons (Fsp3) is 0.652. The smallest absolute Gasteiger partial charge is 0.263 e. The lowest BCUT2D eigenvalue weighted by molar-refractivity contribution is 0.151. The number of piperidine rings is 1. The SMILES string of the molecule is CN1C[C@@H]2[C@H](C1)[C@H]2Nc1ncc2cc(C(F)F)cc(N3CCC4(CCN(S(C)(=O)=O)C4)C3)c2n1. The Labute approximate surface area is 198 Å². The second-order valence-corrected chi connectivity index (χ2v) is 12.7. The summed E-state index contributed by atoms with van der Waals surface area (Å²) in [5.74, 6) is 1.77. The lowest BCUT2D eigenvalue weighted by atomic mass is 9.86. The molecule has 1 aliphatic carbocycles. The van der Waals surface area contributed by atoms with Crippen molar-refractivity contribution in [3.05, 3.63) is 23.9 Å². The predicted molar refractivity (Wildman–Crippen MR) is 127 cm³/mol. The van der Waals surface area contributed by atoms with E-state index in [4.69, 9.17) is 4.98 Å². The summed E-state index contributed by atoms with van der Waals surface area (Å²) in [5, 5.41) is 4.06. The second-order valence-electron chi connectivity index (χ2n) is 10.7. The van der Waals surface area contributed by atoms with Crippen LogP contribution in [0.1, 0.15) is 24.8 Å². The minimum absolute atomic E-state index is 0.0447. The number of alkyl halides is 2. The third kappa shape index (κ3) is 3.81. The van der Waals surface area contributed by atoms with Crippen molar-refractivity contribution in [1.29, 1.82) is 0 Å². The summed E-state index contributed by atoms with van der Waals surface area (Å²) in [6, 6.07) is 3.39. The van der Waals surface area contributed by atoms with Crippen LogP contribution in [0.3, 0.4) is 0 Å². The summed E-state index contributed by atoms with van der Waals surface area (Å²) in [7, 11) is -1.11. The Morgan fingerprint density at radius 2 is 1.88 bits per heavy atom. The number of aromatic nitrogens is 2. The van der Waals surface area contributed by atoms with Crippen LogP contribution in [-0.4, -0.2) is 86.2 Å². The molecular weight excluding hydrogens is 462 g/mol. The van der Waals surface area contributed by atoms with E-state index in [2.05, 4.69) is 27.1 Å². The van der Waals surface area contributed by atoms with E-state index in [1.807, 2.05) is 0 Å². The van der Waals surface area contributed by atoms with Crippen molar-refractivity contribution in [2.24, 2.45) is 17.3 Å². The van der Waals surface area contributed by atoms with Gasteiger partial charge in [-0.05, 0) is 43.9 Å². The average Bonchev–Trinajstić information content (AvgIpc) is 3.22. The van der Waals surface area contributed by atoms with Crippen molar-refractivity contribution in [3.8, 4) is 0 Å². The summed E-state index contributed by atoms with van der Waals surface area (Å²) in [6.07, 6.45) is 1.90. The van der Waals surface area contributed by atoms with Crippen molar-refractivity contribution in [2.75, 3.05) is 62.8 Å². The largest absolute Gasteiger partial charge is 0.369 e. The van der Waals surface area contributed by atoms with Crippen LogP contribution in [0.4, 0.5) is 20.4 Å². The molecule has 1 aromatic heterocycles. The first-order chi connectivity index (χ1) is 16.1. The molecule has 34 heavy (non-hydrogen) atoms. The number of nitrogens with zero attached hydrogens (tertiary/aromatic N) is 5. The molecule has 3 saturated heterocycles. The predicted octanol–water partition coefficient (Wildman–Crippen LogP) is 2.40. The highest BCUT2D eigenvalue weighted by Crippen LogP contribution is 2.47. The molecule has 0 radical (unpaired) electrons. The van der Waals surface area contributed by atoms with Gasteiger partial charge in [-0.25, -0.2) is 31.5 Å². The molecule has 4 fully saturated rings. The van der Waals surface area contributed by atoms with E-state index in [9.17, 15) is 17.2 Å². The van der Waals surface area contributed by atoms with Gasteiger partial charge >= 0.3 is 0 Å². The van der Waals surface area contributed by atoms with Gasteiger partial charge in [-0.1, -0.05) is 0 Å². The molecule has 1 aromatic carbocycles. The molecule has 0 bridgehead atoms. The lowest BCUT2D eigenvalue weighted by Crippen LogP contribution is -2.33. The molecular formula is C23H30F2N6O2S. The van der Waals surface area contributed by atoms with Gasteiger partial charge in [0.05, 0.1) is 17.5 Å². The van der Waals surface area contributed by atoms with Crippen LogP contribution in [-0.2, 0) is 10.0 Å². The quantitative estimate of drug-likeness (QED) is 0.687. The maximum absolute atomic E-state index is 13.7. The zero-order valence-electron chi connectivity index (χ0n) is 19.4. The second kappa shape index (κ2) is 7.69. The van der Waals surface area contributed by atoms with Crippen molar-refractivity contribution < 1.29 is 17.2 Å². The molecule has 184 valence electrons. The summed E-state index contributed by atoms with van der Waals surface area (Å²) < 4.78 is 53.1. The molecule has 0 amide bonds. The molecule has 6 rings (SSSR count). The zero-order chi connectivity index (χ0) is 23.8. The number of halogens is 2. The molecule has 1 unspecified atom stereocenters. The monoisotopic (exact) mass is 492 g/mol. The number of likely N-dealkylation sites (tertiary alicyclic amines) is 1. The van der Waals surface area contributed by atoms with Crippen LogP contribution in [0.15, 0.2) is 18.3 Å². The van der Waals surface area contributed by atoms with Crippen LogP contribution >= 0.6 is 0 Å². The van der Waals surface area contributed by atoms with Crippen LogP contribution in [0.5, 0.6) is 0 Å². The van der Waals surface area contributed by atoms with Gasteiger partial charge in [0.25, 0.3) is 6.43 Å². The van der Waals surface area contributed by atoms with Crippen molar-refractivity contribution >= 4 is 32.6 Å². The minimum Gasteiger partial charge on any atom is -0.369 e. The maximum atomic E-state index is 13.7. The van der Waals surface area contributed by atoms with Gasteiger partial charge in [0.15, 0.2) is 0 Å². The van der Waals surface area contributed by atoms with Crippen LogP contribution in [0.25, 0.3) is 10.9 Å². The Kier molecular flexibility index (Phi) is 5.06. The van der Waals surface area contributed by atoms with Crippen molar-refractivity contribution in [2.45, 2.75) is 25.3 Å². The van der Waals surface area contributed by atoms with Gasteiger partial charge in [-0.15, -0.1) is 0 Å². The number of rotatable bonds is 5. The normalized spacial score (nSPS) is 31.8. The van der Waals surface area contributed by atoms with E-state index >= 15 is 0 Å². The Hall–Kier alpha value is -2.11. The maximum Gasteiger partial charge on any atom is 0.263 e. The summed E-state index contributed by atoms with van der Waals surface area (Å²) in [5.41, 5.74) is 1.15. The van der Waals surface area contributed by atoms with Crippen molar-refractivity contribution in [1.82, 2.24) is 19.2 Å². The Bertz CT molecular complexity index is 1230. The molecule has 8 nitrogen and oxygen atoms in total. The van der Waals surface area contributed by atoms with Crippen molar-refractivity contribution in [3.63, 3.8) is 0 Å². The zero-order valence-corrected chi connectivity index (χ0v) is 20.2. The average molecular weight is 493 g/mol. The van der Waals surface area contributed by atoms with Gasteiger partial charge in [0.2, 0.25) is 16.0 Å². The highest BCUT2D eigenvalue weighted by Gasteiger charge is 2.55. The molecule has 1 N–H and O–H groups in total. The van der Waals surface area contributed by atoms with E-state index in [1.165, 1.54) is 16.6 Å². The number of nitrogens with one attached hydrogen (secondary N) is 1. The van der Waals surface area contributed by atoms with Gasteiger partial charge in [-0.2, -0.15) is 0 Å². The van der Waals surface area contributed by atoms with Crippen LogP contribution in [0, 0.1) is 17.3 Å².